The summed E-state index contributed by atoms with van der Waals surface area (Å²) in [5, 5.41) is 16.4. The van der Waals surface area contributed by atoms with Gasteiger partial charge in [-0.15, -0.1) is 102 Å². The predicted molar refractivity (Wildman–Crippen MR) is 404 cm³/mol. The van der Waals surface area contributed by atoms with Crippen molar-refractivity contribution < 1.29 is 24.0 Å². The Morgan fingerprint density at radius 1 is 0.462 bits per heavy atom. The summed E-state index contributed by atoms with van der Waals surface area (Å²) in [4.78, 5) is 44.0. The van der Waals surface area contributed by atoms with E-state index in [9.17, 15) is 9.59 Å². The third-order valence-corrected chi connectivity index (χ3v) is 27.6. The highest BCUT2D eigenvalue weighted by Gasteiger charge is 2.52. The van der Waals surface area contributed by atoms with E-state index in [0.29, 0.717) is 0 Å². The average molecular weight is 1380 g/mol. The van der Waals surface area contributed by atoms with Gasteiger partial charge in [-0.1, -0.05) is 60.7 Å². The van der Waals surface area contributed by atoms with Crippen LogP contribution in [0.1, 0.15) is 56.1 Å². The maximum Gasteiger partial charge on any atom is 0.505 e. The molecule has 1 N–H and O–H groups in total. The van der Waals surface area contributed by atoms with Crippen LogP contribution in [-0.2, 0) is 27.2 Å². The molecule has 1 aliphatic rings. The highest BCUT2D eigenvalue weighted by Crippen LogP contribution is 2.46. The molecule has 0 amide bonds. The van der Waals surface area contributed by atoms with Gasteiger partial charge in [-0.3, -0.25) is 9.59 Å². The largest absolute Gasteiger partial charge is 0.505 e. The molecule has 0 spiro atoms. The van der Waals surface area contributed by atoms with Gasteiger partial charge in [0, 0.05) is 135 Å². The van der Waals surface area contributed by atoms with Gasteiger partial charge in [0.25, 0.3) is 5.70 Å². The number of para-hydroxylation sites is 2. The minimum Gasteiger partial charge on any atom is -0.486 e. The van der Waals surface area contributed by atoms with Crippen LogP contribution in [0, 0.1) is 6.57 Å². The first kappa shape index (κ1) is 62.6. The van der Waals surface area contributed by atoms with Crippen LogP contribution < -0.4 is 4.78 Å². The second kappa shape index (κ2) is 26.1. The number of aryl methyl sites for hydroxylation is 2. The van der Waals surface area contributed by atoms with E-state index in [1.165, 1.54) is 126 Å². The molecule has 0 bridgehead atoms. The normalized spacial score (nSPS) is 13.6. The molecule has 0 unspecified atom stereocenters. The van der Waals surface area contributed by atoms with Crippen LogP contribution >= 0.6 is 102 Å². The summed E-state index contributed by atoms with van der Waals surface area (Å²) >= 11 is 15.6. The lowest BCUT2D eigenvalue weighted by Crippen LogP contribution is -2.41. The van der Waals surface area contributed by atoms with Crippen molar-refractivity contribution in [1.29, 1.82) is 0 Å². The van der Waals surface area contributed by atoms with Crippen molar-refractivity contribution in [2.24, 2.45) is 0 Å². The summed E-state index contributed by atoms with van der Waals surface area (Å²) in [5.41, 5.74) is 6.76. The highest BCUT2D eigenvalue weighted by molar-refractivity contribution is 7.30. The van der Waals surface area contributed by atoms with E-state index >= 15 is 0 Å². The molecule has 8 nitrogen and oxygen atoms in total. The molecule has 460 valence electrons. The number of aliphatic carboxylic acids is 1. The van der Waals surface area contributed by atoms with Crippen LogP contribution in [0.3, 0.4) is 0 Å². The number of rotatable bonds is 14. The van der Waals surface area contributed by atoms with Gasteiger partial charge in [0.2, 0.25) is 0 Å². The fourth-order valence-electron chi connectivity index (χ4n) is 11.5. The molecule has 0 radical (unpaired) electrons. The van der Waals surface area contributed by atoms with E-state index in [-0.39, 0.29) is 24.0 Å². The van der Waals surface area contributed by atoms with Crippen LogP contribution in [-0.4, -0.2) is 44.8 Å². The molecule has 11 aromatic heterocycles. The third-order valence-electron chi connectivity index (χ3n) is 16.9. The van der Waals surface area contributed by atoms with Crippen molar-refractivity contribution in [2.75, 3.05) is 0 Å². The molecule has 1 aliphatic heterocycles. The van der Waals surface area contributed by atoms with Crippen LogP contribution in [0.2, 0.25) is 0 Å². The Balaban J connectivity index is 0.000000124. The lowest BCUT2D eigenvalue weighted by molar-refractivity contribution is -0.132. The molecule has 0 atom stereocenters. The minimum absolute atomic E-state index is 0.273. The fraction of sp³-hybridized carbons (Fsp3) is 0.133. The number of aldehydes is 1. The molecule has 1 saturated heterocycles. The summed E-state index contributed by atoms with van der Waals surface area (Å²) in [7, 11) is -0.273. The van der Waals surface area contributed by atoms with E-state index in [4.69, 9.17) is 21.0 Å². The second-order valence-corrected chi connectivity index (χ2v) is 32.8. The highest BCUT2D eigenvalue weighted by atomic mass is 32.1. The third kappa shape index (κ3) is 12.4. The number of carboxylic acids is 1. The molecule has 16 rings (SSSR count). The molecular weight excluding hydrogens is 1320 g/mol. The van der Waals surface area contributed by atoms with Crippen molar-refractivity contribution in [2.45, 2.75) is 65.8 Å². The van der Waals surface area contributed by atoms with Crippen molar-refractivity contribution in [1.82, 2.24) is 9.13 Å². The Kier molecular flexibility index (Phi) is 17.6. The van der Waals surface area contributed by atoms with Gasteiger partial charge >= 0.3 is 13.1 Å². The van der Waals surface area contributed by atoms with Crippen molar-refractivity contribution in [3.8, 4) is 79.4 Å². The molecule has 4 aromatic carbocycles. The Morgan fingerprint density at radius 2 is 0.849 bits per heavy atom. The summed E-state index contributed by atoms with van der Waals surface area (Å²) < 4.78 is 18.2. The topological polar surface area (TPSA) is 87.0 Å². The summed E-state index contributed by atoms with van der Waals surface area (Å²) in [6.07, 6.45) is 2.35. The van der Waals surface area contributed by atoms with E-state index in [1.807, 2.05) is 46.9 Å². The standard InChI is InChI=1S/C30H20N2O2S3.C27H19NOS3.C18H19BO2S3/c1-3-32-23-7-5-4-6-20(23)21-16-18(8-10-24(21)32)25-12-13-28(36-25)29-15-14-27(37-29)26-11-9-19(35-26)17-22(31-2)30(33)34;1-2-28-21-6-4-3-5-19(21)20-15-17(7-9-22(20)28)23-11-12-26(31-23)27-14-13-25(32-27)24-10-8-18(16-29)30-24;1-17(2)18(3,4)21-19(20-17)16-10-9-15(24-16)14-8-7-13(23-14)12-6-5-11-22-12/h4-17H,3H2,1H3,(H,33,34);3-16H,2H2,1H3;5-11H,1-4H3/b22-17-;;. The zero-order valence-corrected chi connectivity index (χ0v) is 58.6. The van der Waals surface area contributed by atoms with E-state index in [1.54, 1.807) is 68.0 Å². The maximum absolute atomic E-state index is 11.1. The molecule has 93 heavy (non-hydrogen) atoms. The van der Waals surface area contributed by atoms with E-state index < -0.39 is 5.97 Å². The Morgan fingerprint density at radius 3 is 1.28 bits per heavy atom. The molecule has 18 heteroatoms. The van der Waals surface area contributed by atoms with E-state index in [0.717, 1.165) is 48.5 Å². The Hall–Kier alpha value is -7.87. The Bertz CT molecular complexity index is 5310. The second-order valence-electron chi connectivity index (χ2n) is 23.0. The summed E-state index contributed by atoms with van der Waals surface area (Å²) in [5.74, 6) is -1.20. The van der Waals surface area contributed by atoms with Gasteiger partial charge in [0.1, 0.15) is 0 Å². The van der Waals surface area contributed by atoms with Gasteiger partial charge < -0.3 is 23.5 Å². The molecule has 0 saturated carbocycles. The lowest BCUT2D eigenvalue weighted by atomic mass is 9.88. The van der Waals surface area contributed by atoms with Crippen LogP contribution in [0.25, 0.3) is 134 Å². The number of carbonyl (C=O) groups is 2. The van der Waals surface area contributed by atoms with Gasteiger partial charge in [-0.2, -0.15) is 0 Å². The number of carbonyl (C=O) groups excluding carboxylic acids is 1. The smallest absolute Gasteiger partial charge is 0.486 e. The zero-order valence-electron chi connectivity index (χ0n) is 51.3. The van der Waals surface area contributed by atoms with Crippen molar-refractivity contribution in [3.63, 3.8) is 0 Å². The average Bonchev–Trinajstić information content (AvgIpc) is 1.80. The van der Waals surface area contributed by atoms with Crippen molar-refractivity contribution in [3.05, 3.63) is 226 Å². The van der Waals surface area contributed by atoms with E-state index in [2.05, 4.69) is 231 Å². The Labute approximate surface area is 575 Å². The van der Waals surface area contributed by atoms with Crippen molar-refractivity contribution >= 4 is 176 Å². The molecule has 0 aliphatic carbocycles. The van der Waals surface area contributed by atoms with Gasteiger partial charge in [0.05, 0.1) is 22.7 Å². The number of fused-ring (bicyclic) bond motifs is 6. The quantitative estimate of drug-likeness (QED) is 0.0507. The first-order valence-electron chi connectivity index (χ1n) is 30.2. The fourth-order valence-corrected chi connectivity index (χ4v) is 20.6. The summed E-state index contributed by atoms with van der Waals surface area (Å²) in [6.45, 7) is 21.7. The van der Waals surface area contributed by atoms with Gasteiger partial charge in [-0.05, 0) is 198 Å². The molecule has 12 heterocycles. The van der Waals surface area contributed by atoms with Crippen LogP contribution in [0.4, 0.5) is 0 Å². The van der Waals surface area contributed by atoms with Crippen LogP contribution in [0.15, 0.2) is 205 Å². The monoisotopic (exact) mass is 1380 g/mol. The molecular formula is C75H58BN3O5S9. The minimum atomic E-state index is -1.20. The SMILES string of the molecule is CC1(C)OB(c2ccc(-c3ccc(-c4cccs4)s3)s2)OC1(C)C.CCn1c2ccccc2c2cc(-c3ccc(-c4ccc(-c5ccc(C=O)s5)s4)s3)ccc21.[C-]#[N+]/C(=C\c1ccc(-c2ccc(-c3ccc(-c4ccc5c(c4)c4ccccc4n5CC)s3)s2)s1)C(=O)O. The summed E-state index contributed by atoms with van der Waals surface area (Å²) in [6, 6.07) is 69.1. The molecule has 1 fully saturated rings. The predicted octanol–water partition coefficient (Wildman–Crippen LogP) is 23.7. The number of carboxylic acid groups (broad SMARTS) is 1. The first-order chi connectivity index (χ1) is 45.2. The number of aromatic nitrogens is 2. The lowest BCUT2D eigenvalue weighted by Gasteiger charge is -2.32. The zero-order chi connectivity index (χ0) is 64.1. The number of hydrogen-bond donors (Lipinski definition) is 1. The maximum atomic E-state index is 11.1. The first-order valence-corrected chi connectivity index (χ1v) is 37.6. The van der Waals surface area contributed by atoms with Gasteiger partial charge in [-0.25, -0.2) is 4.85 Å². The number of hydrogen-bond acceptors (Lipinski definition) is 13. The van der Waals surface area contributed by atoms with Gasteiger partial charge in [0.15, 0.2) is 6.29 Å². The molecule has 15 aromatic rings. The number of nitrogens with zero attached hydrogens (tertiary/aromatic N) is 3. The number of benzene rings is 4. The van der Waals surface area contributed by atoms with Crippen LogP contribution in [0.5, 0.6) is 0 Å². The number of thiophene rings is 9.